The highest BCUT2D eigenvalue weighted by molar-refractivity contribution is 5.87. The Hall–Kier alpha value is -7.24. The van der Waals surface area contributed by atoms with Crippen molar-refractivity contribution < 1.29 is 33.8 Å². The van der Waals surface area contributed by atoms with Gasteiger partial charge in [-0.05, 0) is 74.9 Å². The molecule has 0 saturated heterocycles. The number of nitrogens with one attached hydrogen (secondary N) is 4. The van der Waals surface area contributed by atoms with Gasteiger partial charge in [-0.15, -0.1) is 0 Å². The van der Waals surface area contributed by atoms with Crippen LogP contribution in [0.1, 0.15) is 64.5 Å². The summed E-state index contributed by atoms with van der Waals surface area (Å²) >= 11 is 0. The zero-order valence-corrected chi connectivity index (χ0v) is 36.2. The van der Waals surface area contributed by atoms with Gasteiger partial charge in [-0.2, -0.15) is 0 Å². The number of aliphatic hydroxyl groups excluding tert-OH is 1. The quantitative estimate of drug-likeness (QED) is 0.0516. The minimum atomic E-state index is -0.966. The second-order valence-electron chi connectivity index (χ2n) is 16.6. The summed E-state index contributed by atoms with van der Waals surface area (Å²) in [4.78, 5) is 54.0. The van der Waals surface area contributed by atoms with E-state index < -0.39 is 36.2 Å². The van der Waals surface area contributed by atoms with Crippen LogP contribution in [-0.4, -0.2) is 73.6 Å². The molecule has 0 heterocycles. The number of carbonyl (C=O) groups is 4. The summed E-state index contributed by atoms with van der Waals surface area (Å²) < 4.78 is 11.6. The van der Waals surface area contributed by atoms with Crippen LogP contribution in [0.15, 0.2) is 158 Å². The van der Waals surface area contributed by atoms with Crippen LogP contribution in [0.25, 0.3) is 22.3 Å². The number of unbranched alkanes of at least 4 members (excludes halogenated alkanes) is 1. The summed E-state index contributed by atoms with van der Waals surface area (Å²) in [6.07, 6.45) is 0.636. The van der Waals surface area contributed by atoms with E-state index in [4.69, 9.17) is 9.47 Å². The number of hydrogen-bond acceptors (Lipinski definition) is 7. The second-order valence-corrected chi connectivity index (χ2v) is 16.6. The molecule has 0 bridgehead atoms. The summed E-state index contributed by atoms with van der Waals surface area (Å²) in [5.41, 5.74) is 10.6. The molecule has 2 aliphatic carbocycles. The van der Waals surface area contributed by atoms with Gasteiger partial charge in [0, 0.05) is 31.2 Å². The van der Waals surface area contributed by atoms with E-state index in [1.165, 1.54) is 0 Å². The van der Waals surface area contributed by atoms with E-state index in [-0.39, 0.29) is 50.4 Å². The first-order valence-corrected chi connectivity index (χ1v) is 22.4. The number of ether oxygens (including phenoxy) is 2. The molecule has 0 saturated carbocycles. The molecule has 3 atom stereocenters. The molecule has 6 aromatic rings. The summed E-state index contributed by atoms with van der Waals surface area (Å²) in [5, 5.41) is 21.8. The van der Waals surface area contributed by atoms with E-state index in [0.717, 1.165) is 55.6 Å². The van der Waals surface area contributed by atoms with Crippen LogP contribution in [0.3, 0.4) is 0 Å². The lowest BCUT2D eigenvalue weighted by Crippen LogP contribution is -2.51. The fourth-order valence-electron chi connectivity index (χ4n) is 9.04. The molecular formula is C54H54N4O7. The van der Waals surface area contributed by atoms with Crippen LogP contribution < -0.4 is 21.3 Å². The minimum absolute atomic E-state index is 0.105. The Morgan fingerprint density at radius 3 is 1.28 bits per heavy atom. The molecular weight excluding hydrogens is 817 g/mol. The number of aliphatic hydroxyl groups is 1. The molecule has 0 aromatic heterocycles. The number of carbonyl (C=O) groups excluding carboxylic acids is 4. The predicted octanol–water partition coefficient (Wildman–Crippen LogP) is 8.05. The maximum absolute atomic E-state index is 13.8. The van der Waals surface area contributed by atoms with Crippen molar-refractivity contribution in [2.75, 3.05) is 26.4 Å². The van der Waals surface area contributed by atoms with Gasteiger partial charge < -0.3 is 35.8 Å². The summed E-state index contributed by atoms with van der Waals surface area (Å²) in [5.74, 6) is -1.05. The Kier molecular flexibility index (Phi) is 14.6. The number of hydrogen-bond donors (Lipinski definition) is 5. The molecule has 4 amide bonds. The highest BCUT2D eigenvalue weighted by Crippen LogP contribution is 2.45. The standard InChI is InChI=1S/C54H54N4O7/c59-33-38(56-52(61)50(32-37-19-5-2-6-20-37)58-54(63)65-35-48-45-28-13-9-24-41(45)42-25-10-14-29-46(42)48)21-15-16-30-55-51(60)49(31-36-17-3-1-4-18-36)57-53(62)64-34-47-43-26-11-7-22-39(43)40-23-8-12-27-44(40)47/h1-14,17-20,22-29,38,47-50,59H,15-16,21,30-35H2,(H,55,60)(H,56,61)(H,57,62)(H,58,63)/t38-,49-,50-/m0/s1. The zero-order chi connectivity index (χ0) is 45.0. The highest BCUT2D eigenvalue weighted by Gasteiger charge is 2.32. The molecule has 2 aliphatic rings. The third-order valence-corrected chi connectivity index (χ3v) is 12.3. The van der Waals surface area contributed by atoms with Crippen molar-refractivity contribution in [1.29, 1.82) is 0 Å². The van der Waals surface area contributed by atoms with Gasteiger partial charge in [0.05, 0.1) is 12.6 Å². The number of fused-ring (bicyclic) bond motifs is 6. The number of benzene rings is 6. The number of amides is 4. The van der Waals surface area contributed by atoms with Crippen LogP contribution in [0, 0.1) is 0 Å². The Morgan fingerprint density at radius 2 is 0.862 bits per heavy atom. The Labute approximate surface area is 379 Å². The predicted molar refractivity (Wildman–Crippen MR) is 250 cm³/mol. The Morgan fingerprint density at radius 1 is 0.477 bits per heavy atom. The lowest BCUT2D eigenvalue weighted by molar-refractivity contribution is -0.124. The first-order valence-electron chi connectivity index (χ1n) is 22.4. The third-order valence-electron chi connectivity index (χ3n) is 12.3. The van der Waals surface area contributed by atoms with Crippen molar-refractivity contribution in [3.63, 3.8) is 0 Å². The fourth-order valence-corrected chi connectivity index (χ4v) is 9.04. The summed E-state index contributed by atoms with van der Waals surface area (Å²) in [6.45, 7) is 0.223. The average Bonchev–Trinajstić information content (AvgIpc) is 3.84. The van der Waals surface area contributed by atoms with Crippen LogP contribution in [0.4, 0.5) is 9.59 Å². The highest BCUT2D eigenvalue weighted by atomic mass is 16.6. The molecule has 0 aliphatic heterocycles. The van der Waals surface area contributed by atoms with E-state index in [9.17, 15) is 24.3 Å². The SMILES string of the molecule is O=C(N[C@@H](Cc1ccccc1)C(=O)NCCCC[C@@H](CO)NC(=O)[C@H](Cc1ccccc1)NC(=O)OCC1c2ccccc2-c2ccccc21)OCC1c2ccccc2-c2ccccc21. The molecule has 65 heavy (non-hydrogen) atoms. The number of rotatable bonds is 19. The second kappa shape index (κ2) is 21.4. The van der Waals surface area contributed by atoms with Crippen molar-refractivity contribution in [3.8, 4) is 22.3 Å². The molecule has 0 fully saturated rings. The molecule has 0 unspecified atom stereocenters. The Bertz CT molecular complexity index is 2490. The largest absolute Gasteiger partial charge is 0.449 e. The van der Waals surface area contributed by atoms with E-state index >= 15 is 0 Å². The van der Waals surface area contributed by atoms with Crippen molar-refractivity contribution in [2.24, 2.45) is 0 Å². The molecule has 11 nitrogen and oxygen atoms in total. The first-order chi connectivity index (χ1) is 31.9. The van der Waals surface area contributed by atoms with Gasteiger partial charge in [-0.1, -0.05) is 158 Å². The molecule has 0 radical (unpaired) electrons. The van der Waals surface area contributed by atoms with Gasteiger partial charge in [0.25, 0.3) is 0 Å². The molecule has 11 heteroatoms. The topological polar surface area (TPSA) is 155 Å². The van der Waals surface area contributed by atoms with Crippen LogP contribution >= 0.6 is 0 Å². The van der Waals surface area contributed by atoms with Crippen molar-refractivity contribution in [2.45, 2.75) is 62.1 Å². The summed E-state index contributed by atoms with van der Waals surface area (Å²) in [6, 6.07) is 48.8. The lowest BCUT2D eigenvalue weighted by Gasteiger charge is -2.23. The fraction of sp³-hybridized carbons (Fsp3) is 0.259. The molecule has 332 valence electrons. The van der Waals surface area contributed by atoms with Crippen LogP contribution in [0.2, 0.25) is 0 Å². The van der Waals surface area contributed by atoms with Gasteiger partial charge in [0.1, 0.15) is 25.3 Å². The maximum Gasteiger partial charge on any atom is 0.407 e. The van der Waals surface area contributed by atoms with Crippen LogP contribution in [0.5, 0.6) is 0 Å². The van der Waals surface area contributed by atoms with E-state index in [2.05, 4.69) is 57.7 Å². The molecule has 8 rings (SSSR count). The van der Waals surface area contributed by atoms with Crippen molar-refractivity contribution >= 4 is 24.0 Å². The van der Waals surface area contributed by atoms with Gasteiger partial charge in [0.2, 0.25) is 11.8 Å². The van der Waals surface area contributed by atoms with Gasteiger partial charge in [-0.25, -0.2) is 9.59 Å². The average molecular weight is 871 g/mol. The van der Waals surface area contributed by atoms with Crippen molar-refractivity contribution in [3.05, 3.63) is 191 Å². The summed E-state index contributed by atoms with van der Waals surface area (Å²) in [7, 11) is 0. The lowest BCUT2D eigenvalue weighted by atomic mass is 9.98. The van der Waals surface area contributed by atoms with Crippen molar-refractivity contribution in [1.82, 2.24) is 21.3 Å². The third kappa shape index (κ3) is 10.9. The number of alkyl carbamates (subject to hydrolysis) is 2. The smallest absolute Gasteiger partial charge is 0.407 e. The zero-order valence-electron chi connectivity index (χ0n) is 36.2. The molecule has 6 aromatic carbocycles. The van der Waals surface area contributed by atoms with Gasteiger partial charge in [0.15, 0.2) is 0 Å². The normalized spacial score (nSPS) is 13.8. The molecule has 5 N–H and O–H groups in total. The Balaban J connectivity index is 0.821. The van der Waals surface area contributed by atoms with E-state index in [1.807, 2.05) is 121 Å². The van der Waals surface area contributed by atoms with Gasteiger partial charge >= 0.3 is 12.2 Å². The maximum atomic E-state index is 13.8. The molecule has 0 spiro atoms. The van der Waals surface area contributed by atoms with E-state index in [0.29, 0.717) is 25.8 Å². The van der Waals surface area contributed by atoms with Crippen LogP contribution in [-0.2, 0) is 31.9 Å². The van der Waals surface area contributed by atoms with E-state index in [1.54, 1.807) is 0 Å². The van der Waals surface area contributed by atoms with Gasteiger partial charge in [-0.3, -0.25) is 9.59 Å². The minimum Gasteiger partial charge on any atom is -0.449 e. The monoisotopic (exact) mass is 870 g/mol. The first kappa shape index (κ1) is 44.4.